The quantitative estimate of drug-likeness (QED) is 0.679. The summed E-state index contributed by atoms with van der Waals surface area (Å²) in [4.78, 5) is 10.4. The van der Waals surface area contributed by atoms with E-state index in [0.29, 0.717) is 5.56 Å². The van der Waals surface area contributed by atoms with Crippen molar-refractivity contribution in [3.05, 3.63) is 69.5 Å². The van der Waals surface area contributed by atoms with Gasteiger partial charge >= 0.3 is 0 Å². The molecule has 0 radical (unpaired) electrons. The summed E-state index contributed by atoms with van der Waals surface area (Å²) in [7, 11) is 1.37. The highest BCUT2D eigenvalue weighted by Crippen LogP contribution is 2.31. The van der Waals surface area contributed by atoms with E-state index in [2.05, 4.69) is 0 Å². The molecule has 1 atom stereocenters. The van der Waals surface area contributed by atoms with E-state index in [-0.39, 0.29) is 23.4 Å². The van der Waals surface area contributed by atoms with E-state index in [1.165, 1.54) is 43.5 Å². The van der Waals surface area contributed by atoms with Gasteiger partial charge in [-0.2, -0.15) is 0 Å². The Kier molecular flexibility index (Phi) is 4.49. The summed E-state index contributed by atoms with van der Waals surface area (Å²) in [6.45, 7) is 0. The fourth-order valence-corrected chi connectivity index (χ4v) is 2.19. The number of aliphatic hydroxyl groups excluding tert-OH is 1. The number of hydrogen-bond donors (Lipinski definition) is 1. The topological polar surface area (TPSA) is 72.6 Å². The first-order valence-corrected chi connectivity index (χ1v) is 6.27. The number of methoxy groups -OCH3 is 1. The molecule has 0 spiro atoms. The van der Waals surface area contributed by atoms with Crippen LogP contribution in [0.5, 0.6) is 5.75 Å². The second-order valence-corrected chi connectivity index (χ2v) is 4.46. The lowest BCUT2D eigenvalue weighted by atomic mass is 9.99. The summed E-state index contributed by atoms with van der Waals surface area (Å²) in [5.74, 6) is -0.401. The van der Waals surface area contributed by atoms with Crippen molar-refractivity contribution >= 4 is 5.69 Å². The molecule has 0 saturated heterocycles. The third-order valence-corrected chi connectivity index (χ3v) is 3.17. The molecule has 110 valence electrons. The molecule has 0 bridgehead atoms. The van der Waals surface area contributed by atoms with Gasteiger partial charge in [0.25, 0.3) is 5.69 Å². The van der Waals surface area contributed by atoms with E-state index < -0.39 is 16.8 Å². The molecular formula is C15H14FNO4. The third-order valence-electron chi connectivity index (χ3n) is 3.17. The number of rotatable bonds is 5. The first-order chi connectivity index (χ1) is 10.0. The fraction of sp³-hybridized carbons (Fsp3) is 0.200. The largest absolute Gasteiger partial charge is 0.496 e. The van der Waals surface area contributed by atoms with Gasteiger partial charge in [0.1, 0.15) is 11.6 Å². The average Bonchev–Trinajstić information content (AvgIpc) is 2.47. The van der Waals surface area contributed by atoms with Crippen molar-refractivity contribution in [2.75, 3.05) is 7.11 Å². The molecule has 5 nitrogen and oxygen atoms in total. The van der Waals surface area contributed by atoms with Crippen molar-refractivity contribution in [3.63, 3.8) is 0 Å². The lowest BCUT2D eigenvalue weighted by Gasteiger charge is -2.15. The number of nitro benzene ring substituents is 1. The maximum Gasteiger partial charge on any atom is 0.272 e. The third kappa shape index (κ3) is 3.17. The number of para-hydroxylation sites is 1. The molecule has 0 fully saturated rings. The van der Waals surface area contributed by atoms with Crippen LogP contribution in [0, 0.1) is 15.9 Å². The van der Waals surface area contributed by atoms with Crippen LogP contribution in [0.4, 0.5) is 10.1 Å². The van der Waals surface area contributed by atoms with Crippen LogP contribution in [-0.4, -0.2) is 17.1 Å². The predicted octanol–water partition coefficient (Wildman–Crippen LogP) is 3.02. The summed E-state index contributed by atoms with van der Waals surface area (Å²) >= 11 is 0. The Labute approximate surface area is 120 Å². The minimum absolute atomic E-state index is 0.00171. The smallest absolute Gasteiger partial charge is 0.272 e. The number of hydrogen-bond acceptors (Lipinski definition) is 4. The van der Waals surface area contributed by atoms with E-state index in [4.69, 9.17) is 4.74 Å². The van der Waals surface area contributed by atoms with Crippen LogP contribution < -0.4 is 4.74 Å². The molecule has 0 aromatic heterocycles. The maximum absolute atomic E-state index is 13.9. The Morgan fingerprint density at radius 1 is 1.29 bits per heavy atom. The van der Waals surface area contributed by atoms with E-state index in [9.17, 15) is 19.6 Å². The Morgan fingerprint density at radius 3 is 2.67 bits per heavy atom. The number of benzene rings is 2. The van der Waals surface area contributed by atoms with E-state index in [1.807, 2.05) is 0 Å². The molecule has 2 aromatic carbocycles. The summed E-state index contributed by atoms with van der Waals surface area (Å²) < 4.78 is 18.9. The van der Waals surface area contributed by atoms with Crippen LogP contribution >= 0.6 is 0 Å². The highest BCUT2D eigenvalue weighted by Gasteiger charge is 2.22. The number of halogens is 1. The SMILES string of the molecule is COc1cccc(F)c1C(O)Cc1ccccc1[N+](=O)[O-]. The van der Waals surface area contributed by atoms with Gasteiger partial charge in [-0.25, -0.2) is 4.39 Å². The molecule has 0 aliphatic rings. The summed E-state index contributed by atoms with van der Waals surface area (Å²) in [6.07, 6.45) is -1.31. The maximum atomic E-state index is 13.9. The minimum Gasteiger partial charge on any atom is -0.496 e. The van der Waals surface area contributed by atoms with Gasteiger partial charge < -0.3 is 9.84 Å². The Bertz CT molecular complexity index is 660. The molecule has 0 amide bonds. The lowest BCUT2D eigenvalue weighted by Crippen LogP contribution is -2.08. The van der Waals surface area contributed by atoms with Crippen molar-refractivity contribution in [2.24, 2.45) is 0 Å². The Morgan fingerprint density at radius 2 is 2.00 bits per heavy atom. The normalized spacial score (nSPS) is 12.0. The van der Waals surface area contributed by atoms with Gasteiger partial charge in [0.2, 0.25) is 0 Å². The van der Waals surface area contributed by atoms with Crippen LogP contribution in [0.25, 0.3) is 0 Å². The molecule has 0 aliphatic carbocycles. The molecule has 1 unspecified atom stereocenters. The molecule has 2 rings (SSSR count). The fourth-order valence-electron chi connectivity index (χ4n) is 2.19. The average molecular weight is 291 g/mol. The zero-order chi connectivity index (χ0) is 15.4. The molecule has 21 heavy (non-hydrogen) atoms. The molecule has 0 aliphatic heterocycles. The molecule has 2 aromatic rings. The zero-order valence-electron chi connectivity index (χ0n) is 11.3. The van der Waals surface area contributed by atoms with E-state index >= 15 is 0 Å². The zero-order valence-corrected chi connectivity index (χ0v) is 11.3. The molecule has 0 saturated carbocycles. The molecular weight excluding hydrogens is 277 g/mol. The first-order valence-electron chi connectivity index (χ1n) is 6.27. The predicted molar refractivity (Wildman–Crippen MR) is 74.7 cm³/mol. The van der Waals surface area contributed by atoms with Crippen molar-refractivity contribution in [2.45, 2.75) is 12.5 Å². The van der Waals surface area contributed by atoms with E-state index in [0.717, 1.165) is 0 Å². The van der Waals surface area contributed by atoms with Gasteiger partial charge in [-0.1, -0.05) is 24.3 Å². The minimum atomic E-state index is -1.23. The van der Waals surface area contributed by atoms with Crippen LogP contribution in [0.2, 0.25) is 0 Å². The van der Waals surface area contributed by atoms with Crippen LogP contribution in [0.1, 0.15) is 17.2 Å². The van der Waals surface area contributed by atoms with Crippen molar-refractivity contribution in [1.82, 2.24) is 0 Å². The van der Waals surface area contributed by atoms with Gasteiger partial charge in [-0.05, 0) is 12.1 Å². The second kappa shape index (κ2) is 6.32. The number of nitrogens with zero attached hydrogens (tertiary/aromatic N) is 1. The van der Waals surface area contributed by atoms with Gasteiger partial charge in [0.05, 0.1) is 23.7 Å². The van der Waals surface area contributed by atoms with E-state index in [1.54, 1.807) is 6.07 Å². The first kappa shape index (κ1) is 14.9. The summed E-state index contributed by atoms with van der Waals surface area (Å²) in [6, 6.07) is 10.3. The number of nitro groups is 1. The second-order valence-electron chi connectivity index (χ2n) is 4.46. The number of aliphatic hydroxyl groups is 1. The van der Waals surface area contributed by atoms with Gasteiger partial charge in [-0.3, -0.25) is 10.1 Å². The molecule has 1 N–H and O–H groups in total. The van der Waals surface area contributed by atoms with Crippen molar-refractivity contribution in [3.8, 4) is 5.75 Å². The lowest BCUT2D eigenvalue weighted by molar-refractivity contribution is -0.385. The van der Waals surface area contributed by atoms with Crippen molar-refractivity contribution in [1.29, 1.82) is 0 Å². The summed E-state index contributed by atoms with van der Waals surface area (Å²) in [5, 5.41) is 21.2. The van der Waals surface area contributed by atoms with Crippen LogP contribution in [-0.2, 0) is 6.42 Å². The van der Waals surface area contributed by atoms with Gasteiger partial charge in [-0.15, -0.1) is 0 Å². The highest BCUT2D eigenvalue weighted by molar-refractivity contribution is 5.42. The summed E-state index contributed by atoms with van der Waals surface area (Å²) in [5.41, 5.74) is 0.227. The molecule has 6 heteroatoms. The van der Waals surface area contributed by atoms with Crippen LogP contribution in [0.3, 0.4) is 0 Å². The Hall–Kier alpha value is -2.47. The standard InChI is InChI=1S/C15H14FNO4/c1-21-14-8-4-6-11(16)15(14)13(18)9-10-5-2-3-7-12(10)17(19)20/h2-8,13,18H,9H2,1H3. The van der Waals surface area contributed by atoms with Crippen LogP contribution in [0.15, 0.2) is 42.5 Å². The number of ether oxygens (including phenoxy) is 1. The van der Waals surface area contributed by atoms with Gasteiger partial charge in [0, 0.05) is 18.1 Å². The molecule has 0 heterocycles. The van der Waals surface area contributed by atoms with Gasteiger partial charge in [0.15, 0.2) is 0 Å². The monoisotopic (exact) mass is 291 g/mol. The van der Waals surface area contributed by atoms with Crippen molar-refractivity contribution < 1.29 is 19.2 Å². The Balaban J connectivity index is 2.35. The highest BCUT2D eigenvalue weighted by atomic mass is 19.1.